The highest BCUT2D eigenvalue weighted by molar-refractivity contribution is 6.31. The van der Waals surface area contributed by atoms with Crippen LogP contribution in [0.25, 0.3) is 11.0 Å². The molecular formula is C31H28ClF3N6O3. The van der Waals surface area contributed by atoms with E-state index >= 15 is 0 Å². The van der Waals surface area contributed by atoms with E-state index in [-0.39, 0.29) is 17.5 Å². The highest BCUT2D eigenvalue weighted by atomic mass is 35.5. The van der Waals surface area contributed by atoms with Crippen LogP contribution in [0, 0.1) is 18.8 Å². The summed E-state index contributed by atoms with van der Waals surface area (Å²) in [7, 11) is 0. The number of pyridine rings is 1. The molecule has 1 aliphatic heterocycles. The molecule has 228 valence electrons. The summed E-state index contributed by atoms with van der Waals surface area (Å²) in [6.07, 6.45) is -2.95. The molecule has 13 heteroatoms. The fraction of sp³-hybridized carbons (Fsp3) is 0.290. The number of piperidine rings is 1. The van der Waals surface area contributed by atoms with Crippen LogP contribution < -0.4 is 11.1 Å². The molecule has 0 spiro atoms. The first kappa shape index (κ1) is 30.8. The largest absolute Gasteiger partial charge is 0.417 e. The number of hydrogen-bond donors (Lipinski definition) is 3. The fourth-order valence-corrected chi connectivity index (χ4v) is 5.30. The number of halogens is 4. The molecule has 0 unspecified atom stereocenters. The van der Waals surface area contributed by atoms with Crippen LogP contribution in [0.5, 0.6) is 0 Å². The van der Waals surface area contributed by atoms with Gasteiger partial charge < -0.3 is 21.1 Å². The second-order valence-electron chi connectivity index (χ2n) is 10.6. The lowest BCUT2D eigenvalue weighted by Crippen LogP contribution is -2.43. The molecule has 0 aliphatic carbocycles. The zero-order valence-electron chi connectivity index (χ0n) is 23.7. The summed E-state index contributed by atoms with van der Waals surface area (Å²) in [5.74, 6) is 5.11. The van der Waals surface area contributed by atoms with Gasteiger partial charge in [-0.1, -0.05) is 23.6 Å². The first-order valence-electron chi connectivity index (χ1n) is 13.7. The van der Waals surface area contributed by atoms with Crippen molar-refractivity contribution in [2.45, 2.75) is 45.0 Å². The molecular weight excluding hydrogens is 597 g/mol. The molecule has 4 aromatic rings. The highest BCUT2D eigenvalue weighted by Crippen LogP contribution is 2.35. The van der Waals surface area contributed by atoms with Gasteiger partial charge >= 0.3 is 6.18 Å². The second kappa shape index (κ2) is 12.2. The van der Waals surface area contributed by atoms with Gasteiger partial charge in [-0.3, -0.25) is 9.59 Å². The number of nitrogens with two attached hydrogens (primary N) is 1. The average Bonchev–Trinajstić information content (AvgIpc) is 3.36. The molecule has 2 aromatic heterocycles. The van der Waals surface area contributed by atoms with Gasteiger partial charge in [0.05, 0.1) is 22.0 Å². The Balaban J connectivity index is 1.41. The Hall–Kier alpha value is -4.60. The first-order chi connectivity index (χ1) is 20.8. The third-order valence-electron chi connectivity index (χ3n) is 7.45. The molecule has 0 radical (unpaired) electrons. The summed E-state index contributed by atoms with van der Waals surface area (Å²) in [6, 6.07) is 9.54. The van der Waals surface area contributed by atoms with E-state index in [1.54, 1.807) is 40.0 Å². The van der Waals surface area contributed by atoms with E-state index < -0.39 is 28.8 Å². The Morgan fingerprint density at radius 3 is 2.55 bits per heavy atom. The zero-order valence-corrected chi connectivity index (χ0v) is 24.5. The zero-order chi connectivity index (χ0) is 31.8. The summed E-state index contributed by atoms with van der Waals surface area (Å²) >= 11 is 5.68. The average molecular weight is 625 g/mol. The van der Waals surface area contributed by atoms with Crippen molar-refractivity contribution in [1.82, 2.24) is 19.7 Å². The number of aromatic nitrogens is 3. The lowest BCUT2D eigenvalue weighted by atomic mass is 10.0. The summed E-state index contributed by atoms with van der Waals surface area (Å²) in [4.78, 5) is 31.1. The number of hydrogen-bond acceptors (Lipinski definition) is 6. The quantitative estimate of drug-likeness (QED) is 0.268. The maximum atomic E-state index is 13.3. The van der Waals surface area contributed by atoms with Crippen LogP contribution in [-0.4, -0.2) is 55.8 Å². The lowest BCUT2D eigenvalue weighted by molar-refractivity contribution is -0.140. The number of anilines is 2. The van der Waals surface area contributed by atoms with E-state index in [1.807, 2.05) is 6.92 Å². The molecule has 5 rings (SSSR count). The topological polar surface area (TPSA) is 126 Å². The van der Waals surface area contributed by atoms with E-state index in [0.29, 0.717) is 65.7 Å². The molecule has 1 saturated heterocycles. The maximum absolute atomic E-state index is 13.3. The highest BCUT2D eigenvalue weighted by Gasteiger charge is 2.34. The number of aliphatic hydroxyl groups is 1. The number of nitrogens with one attached hydrogen (secondary N) is 1. The number of carbonyl (C=O) groups excluding carboxylic acids is 2. The Bertz CT molecular complexity index is 1820. The van der Waals surface area contributed by atoms with Crippen LogP contribution in [0.3, 0.4) is 0 Å². The minimum atomic E-state index is -4.70. The molecule has 9 nitrogen and oxygen atoms in total. The molecule has 0 bridgehead atoms. The number of aliphatic hydroxyl groups excluding tert-OH is 1. The molecule has 1 aliphatic rings. The van der Waals surface area contributed by atoms with Crippen LogP contribution in [0.2, 0.25) is 5.02 Å². The van der Waals surface area contributed by atoms with Crippen molar-refractivity contribution in [3.63, 3.8) is 0 Å². The van der Waals surface area contributed by atoms with Gasteiger partial charge in [-0.15, -0.1) is 0 Å². The van der Waals surface area contributed by atoms with Crippen molar-refractivity contribution >= 4 is 45.8 Å². The summed E-state index contributed by atoms with van der Waals surface area (Å²) in [5, 5.41) is 17.1. The Morgan fingerprint density at radius 2 is 1.86 bits per heavy atom. The van der Waals surface area contributed by atoms with Crippen LogP contribution in [-0.2, 0) is 11.0 Å². The standard InChI is InChI=1S/C31H28ClF3N6O3/c1-17-3-6-21(38-29(43)20-4-7-24(32)23(16-20)31(33,34)35)15-19(17)5-8-26-27-25(36)9-12-37-28(27)41(39-26)22-10-13-40(14-11-22)30(44)18(2)42/h3-4,6-7,9,12,15-16,18,22,42H,10-11,13-14H2,1-2H3,(H2,36,37)(H,38,43)/t18-/m0/s1. The molecule has 1 fully saturated rings. The molecule has 2 amide bonds. The third-order valence-corrected chi connectivity index (χ3v) is 7.78. The number of amides is 2. The summed E-state index contributed by atoms with van der Waals surface area (Å²) < 4.78 is 41.6. The third kappa shape index (κ3) is 6.34. The first-order valence-corrected chi connectivity index (χ1v) is 14.1. The predicted molar refractivity (Wildman–Crippen MR) is 160 cm³/mol. The predicted octanol–water partition coefficient (Wildman–Crippen LogP) is 5.19. The smallest absolute Gasteiger partial charge is 0.398 e. The van der Waals surface area contributed by atoms with Gasteiger partial charge in [-0.05, 0) is 74.6 Å². The van der Waals surface area contributed by atoms with E-state index in [0.717, 1.165) is 11.6 Å². The van der Waals surface area contributed by atoms with Crippen molar-refractivity contribution in [3.05, 3.63) is 81.6 Å². The molecule has 3 heterocycles. The summed E-state index contributed by atoms with van der Waals surface area (Å²) in [5.41, 5.74) is 8.13. The Kier molecular flexibility index (Phi) is 8.54. The van der Waals surface area contributed by atoms with Crippen molar-refractivity contribution in [2.75, 3.05) is 24.1 Å². The van der Waals surface area contributed by atoms with Crippen molar-refractivity contribution in [3.8, 4) is 11.8 Å². The SMILES string of the molecule is Cc1ccc(NC(=O)c2ccc(Cl)c(C(F)(F)F)c2)cc1C#Cc1nn(C2CCN(C(=O)[C@H](C)O)CC2)c2nccc(N)c12. The van der Waals surface area contributed by atoms with Crippen molar-refractivity contribution in [2.24, 2.45) is 0 Å². The van der Waals surface area contributed by atoms with Crippen LogP contribution in [0.4, 0.5) is 24.5 Å². The minimum absolute atomic E-state index is 0.0635. The minimum Gasteiger partial charge on any atom is -0.398 e. The molecule has 4 N–H and O–H groups in total. The van der Waals surface area contributed by atoms with E-state index in [2.05, 4.69) is 22.1 Å². The van der Waals surface area contributed by atoms with Gasteiger partial charge in [-0.2, -0.15) is 18.3 Å². The summed E-state index contributed by atoms with van der Waals surface area (Å²) in [6.45, 7) is 4.21. The van der Waals surface area contributed by atoms with E-state index in [1.165, 1.54) is 13.0 Å². The maximum Gasteiger partial charge on any atom is 0.417 e. The number of nitrogens with zero attached hydrogens (tertiary/aromatic N) is 4. The number of fused-ring (bicyclic) bond motifs is 1. The van der Waals surface area contributed by atoms with E-state index in [9.17, 15) is 27.9 Å². The van der Waals surface area contributed by atoms with Crippen LogP contribution in [0.15, 0.2) is 48.7 Å². The van der Waals surface area contributed by atoms with Crippen LogP contribution in [0.1, 0.15) is 58.5 Å². The molecule has 1 atom stereocenters. The Morgan fingerprint density at radius 1 is 1.14 bits per heavy atom. The van der Waals surface area contributed by atoms with Crippen molar-refractivity contribution < 1.29 is 27.9 Å². The molecule has 0 saturated carbocycles. The number of nitrogen functional groups attached to an aromatic ring is 1. The second-order valence-corrected chi connectivity index (χ2v) is 11.0. The number of carbonyl (C=O) groups is 2. The number of benzene rings is 2. The van der Waals surface area contributed by atoms with Gasteiger partial charge in [0.1, 0.15) is 11.8 Å². The monoisotopic (exact) mass is 624 g/mol. The molecule has 44 heavy (non-hydrogen) atoms. The van der Waals surface area contributed by atoms with Gasteiger partial charge in [0.2, 0.25) is 0 Å². The number of aryl methyl sites for hydroxylation is 1. The van der Waals surface area contributed by atoms with Gasteiger partial charge in [0, 0.05) is 41.8 Å². The van der Waals surface area contributed by atoms with Gasteiger partial charge in [0.25, 0.3) is 11.8 Å². The molecule has 2 aromatic carbocycles. The Labute approximate surface area is 255 Å². The van der Waals surface area contributed by atoms with Gasteiger partial charge in [0.15, 0.2) is 5.65 Å². The van der Waals surface area contributed by atoms with Gasteiger partial charge in [-0.25, -0.2) is 9.67 Å². The number of rotatable bonds is 4. The fourth-order valence-electron chi connectivity index (χ4n) is 5.07. The van der Waals surface area contributed by atoms with E-state index in [4.69, 9.17) is 22.4 Å². The normalized spacial score (nSPS) is 14.7. The van der Waals surface area contributed by atoms with Crippen molar-refractivity contribution in [1.29, 1.82) is 0 Å². The lowest BCUT2D eigenvalue weighted by Gasteiger charge is -2.32. The number of alkyl halides is 3. The van der Waals surface area contributed by atoms with Crippen LogP contribution >= 0.6 is 11.6 Å². The number of likely N-dealkylation sites (tertiary alicyclic amines) is 1.